The molecule has 2 N–H and O–H groups in total. The smallest absolute Gasteiger partial charge is 0.224 e. The van der Waals surface area contributed by atoms with E-state index in [1.165, 1.54) is 0 Å². The first-order valence-corrected chi connectivity index (χ1v) is 7.91. The number of amides is 1. The van der Waals surface area contributed by atoms with Gasteiger partial charge in [0.1, 0.15) is 5.82 Å². The lowest BCUT2D eigenvalue weighted by Gasteiger charge is -2.28. The summed E-state index contributed by atoms with van der Waals surface area (Å²) >= 11 is 0. The number of benzene rings is 1. The van der Waals surface area contributed by atoms with Crippen molar-refractivity contribution in [3.8, 4) is 0 Å². The molecule has 0 bridgehead atoms. The third kappa shape index (κ3) is 3.47. The van der Waals surface area contributed by atoms with Gasteiger partial charge in [-0.1, -0.05) is 6.07 Å². The number of aryl methyl sites for hydroxylation is 1. The van der Waals surface area contributed by atoms with Gasteiger partial charge in [-0.25, -0.2) is 4.98 Å². The summed E-state index contributed by atoms with van der Waals surface area (Å²) in [6.07, 6.45) is 4.84. The van der Waals surface area contributed by atoms with Gasteiger partial charge in [0.25, 0.3) is 0 Å². The largest absolute Gasteiger partial charge is 0.381 e. The van der Waals surface area contributed by atoms with Crippen LogP contribution in [0.5, 0.6) is 0 Å². The Labute approximate surface area is 130 Å². The Balaban J connectivity index is 1.56. The number of aromatic amines is 1. The molecule has 22 heavy (non-hydrogen) atoms. The Kier molecular flexibility index (Phi) is 4.43. The van der Waals surface area contributed by atoms with Gasteiger partial charge in [-0.3, -0.25) is 4.79 Å². The molecular weight excluding hydrogens is 278 g/mol. The molecule has 118 valence electrons. The summed E-state index contributed by atoms with van der Waals surface area (Å²) < 4.78 is 5.36. The zero-order valence-electron chi connectivity index (χ0n) is 13.2. The molecule has 0 radical (unpaired) electrons. The highest BCUT2D eigenvalue weighted by molar-refractivity contribution is 5.81. The van der Waals surface area contributed by atoms with Gasteiger partial charge in [0.05, 0.1) is 23.6 Å². The average Bonchev–Trinajstić information content (AvgIpc) is 2.87. The van der Waals surface area contributed by atoms with Crippen LogP contribution < -0.4 is 5.32 Å². The van der Waals surface area contributed by atoms with Gasteiger partial charge in [-0.05, 0) is 50.3 Å². The minimum Gasteiger partial charge on any atom is -0.381 e. The van der Waals surface area contributed by atoms with Crippen LogP contribution in [0.25, 0.3) is 11.0 Å². The molecule has 0 saturated heterocycles. The number of aromatic nitrogens is 2. The van der Waals surface area contributed by atoms with Crippen molar-refractivity contribution in [1.29, 1.82) is 0 Å². The van der Waals surface area contributed by atoms with E-state index in [1.54, 1.807) is 7.11 Å². The third-order valence-corrected chi connectivity index (χ3v) is 4.40. The molecule has 5 nitrogen and oxygen atoms in total. The summed E-state index contributed by atoms with van der Waals surface area (Å²) in [5.41, 5.74) is 2.95. The van der Waals surface area contributed by atoms with Gasteiger partial charge >= 0.3 is 0 Å². The number of methoxy groups -OCH3 is 1. The Hall–Kier alpha value is -1.88. The van der Waals surface area contributed by atoms with E-state index in [9.17, 15) is 4.79 Å². The number of rotatable bonds is 4. The number of hydrogen-bond acceptors (Lipinski definition) is 3. The maximum atomic E-state index is 12.2. The Morgan fingerprint density at radius 3 is 2.86 bits per heavy atom. The topological polar surface area (TPSA) is 67.0 Å². The molecule has 5 heteroatoms. The van der Waals surface area contributed by atoms with Crippen LogP contribution in [0.3, 0.4) is 0 Å². The number of nitrogens with one attached hydrogen (secondary N) is 2. The monoisotopic (exact) mass is 301 g/mol. The van der Waals surface area contributed by atoms with E-state index in [0.717, 1.165) is 48.1 Å². The highest BCUT2D eigenvalue weighted by Crippen LogP contribution is 2.21. The van der Waals surface area contributed by atoms with Crippen LogP contribution >= 0.6 is 0 Å². The predicted octanol–water partition coefficient (Wildman–Crippen LogP) is 2.49. The number of carbonyl (C=O) groups excluding carboxylic acids is 1. The van der Waals surface area contributed by atoms with Gasteiger partial charge in [-0.15, -0.1) is 0 Å². The molecule has 2 aromatic rings. The number of ether oxygens (including phenoxy) is 1. The number of hydrogen-bond donors (Lipinski definition) is 2. The fourth-order valence-corrected chi connectivity index (χ4v) is 3.20. The lowest BCUT2D eigenvalue weighted by Crippen LogP contribution is -2.39. The van der Waals surface area contributed by atoms with E-state index < -0.39 is 0 Å². The van der Waals surface area contributed by atoms with Gasteiger partial charge in [0, 0.05) is 13.2 Å². The molecule has 3 rings (SSSR count). The third-order valence-electron chi connectivity index (χ3n) is 4.40. The normalized spacial score (nSPS) is 21.9. The minimum atomic E-state index is 0.0939. The molecule has 1 saturated carbocycles. The highest BCUT2D eigenvalue weighted by atomic mass is 16.5. The van der Waals surface area contributed by atoms with Gasteiger partial charge in [0.2, 0.25) is 5.91 Å². The van der Waals surface area contributed by atoms with Crippen molar-refractivity contribution in [2.75, 3.05) is 7.11 Å². The minimum absolute atomic E-state index is 0.0939. The van der Waals surface area contributed by atoms with E-state index in [0.29, 0.717) is 12.5 Å². The molecule has 0 spiro atoms. The van der Waals surface area contributed by atoms with Crippen molar-refractivity contribution in [1.82, 2.24) is 15.3 Å². The molecular formula is C17H23N3O2. The molecule has 1 aliphatic carbocycles. The SMILES string of the molecule is COC1CCC(NC(=O)Cc2ccc3nc(C)[nH]c3c2)CC1. The predicted molar refractivity (Wildman–Crippen MR) is 85.7 cm³/mol. The summed E-state index contributed by atoms with van der Waals surface area (Å²) in [5, 5.41) is 3.14. The second-order valence-electron chi connectivity index (χ2n) is 6.13. The maximum absolute atomic E-state index is 12.2. The first-order chi connectivity index (χ1) is 10.6. The standard InChI is InChI=1S/C17H23N3O2/c1-11-18-15-8-3-12(9-16(15)19-11)10-17(21)20-13-4-6-14(22-2)7-5-13/h3,8-9,13-14H,4-7,10H2,1-2H3,(H,18,19)(H,20,21). The zero-order valence-corrected chi connectivity index (χ0v) is 13.2. The summed E-state index contributed by atoms with van der Waals surface area (Å²) in [7, 11) is 1.76. The van der Waals surface area contributed by atoms with Crippen molar-refractivity contribution in [2.45, 2.75) is 51.2 Å². The number of fused-ring (bicyclic) bond motifs is 1. The molecule has 1 aromatic carbocycles. The summed E-state index contributed by atoms with van der Waals surface area (Å²) in [4.78, 5) is 19.8. The highest BCUT2D eigenvalue weighted by Gasteiger charge is 2.22. The Morgan fingerprint density at radius 1 is 1.36 bits per heavy atom. The second kappa shape index (κ2) is 6.48. The zero-order chi connectivity index (χ0) is 15.5. The van der Waals surface area contributed by atoms with Crippen molar-refractivity contribution in [2.24, 2.45) is 0 Å². The fraction of sp³-hybridized carbons (Fsp3) is 0.529. The van der Waals surface area contributed by atoms with Gasteiger partial charge in [0.15, 0.2) is 0 Å². The van der Waals surface area contributed by atoms with Gasteiger partial charge < -0.3 is 15.0 Å². The lowest BCUT2D eigenvalue weighted by molar-refractivity contribution is -0.121. The molecule has 0 atom stereocenters. The van der Waals surface area contributed by atoms with Crippen molar-refractivity contribution in [3.05, 3.63) is 29.6 Å². The Morgan fingerprint density at radius 2 is 2.14 bits per heavy atom. The van der Waals surface area contributed by atoms with Crippen molar-refractivity contribution >= 4 is 16.9 Å². The molecule has 1 amide bonds. The van der Waals surface area contributed by atoms with Crippen LogP contribution in [0.1, 0.15) is 37.1 Å². The van der Waals surface area contributed by atoms with Gasteiger partial charge in [-0.2, -0.15) is 0 Å². The molecule has 1 aromatic heterocycles. The molecule has 0 unspecified atom stereocenters. The number of nitrogens with zero attached hydrogens (tertiary/aromatic N) is 1. The van der Waals surface area contributed by atoms with Crippen LogP contribution in [0.2, 0.25) is 0 Å². The van der Waals surface area contributed by atoms with Crippen LogP contribution in [0.15, 0.2) is 18.2 Å². The van der Waals surface area contributed by atoms with Crippen LogP contribution in [-0.2, 0) is 16.0 Å². The van der Waals surface area contributed by atoms with E-state index in [-0.39, 0.29) is 11.9 Å². The van der Waals surface area contributed by atoms with Crippen LogP contribution in [-0.4, -0.2) is 35.1 Å². The first kappa shape index (κ1) is 15.0. The van der Waals surface area contributed by atoms with Crippen molar-refractivity contribution < 1.29 is 9.53 Å². The van der Waals surface area contributed by atoms with Crippen molar-refractivity contribution in [3.63, 3.8) is 0 Å². The molecule has 1 aliphatic rings. The van der Waals surface area contributed by atoms with E-state index in [2.05, 4.69) is 15.3 Å². The average molecular weight is 301 g/mol. The number of carbonyl (C=O) groups is 1. The van der Waals surface area contributed by atoms with E-state index in [1.807, 2.05) is 25.1 Å². The number of imidazole rings is 1. The molecule has 1 fully saturated rings. The summed E-state index contributed by atoms with van der Waals surface area (Å²) in [5.74, 6) is 0.989. The summed E-state index contributed by atoms with van der Waals surface area (Å²) in [6.45, 7) is 1.93. The lowest BCUT2D eigenvalue weighted by atomic mass is 9.93. The first-order valence-electron chi connectivity index (χ1n) is 7.91. The van der Waals surface area contributed by atoms with E-state index in [4.69, 9.17) is 4.74 Å². The molecule has 1 heterocycles. The summed E-state index contributed by atoms with van der Waals surface area (Å²) in [6, 6.07) is 6.24. The molecule has 0 aliphatic heterocycles. The Bertz CT molecular complexity index is 657. The van der Waals surface area contributed by atoms with Crippen LogP contribution in [0.4, 0.5) is 0 Å². The second-order valence-corrected chi connectivity index (χ2v) is 6.13. The van der Waals surface area contributed by atoms with Crippen LogP contribution in [0, 0.1) is 6.92 Å². The maximum Gasteiger partial charge on any atom is 0.224 e. The fourth-order valence-electron chi connectivity index (χ4n) is 3.20. The number of H-pyrrole nitrogens is 1. The van der Waals surface area contributed by atoms with E-state index >= 15 is 0 Å². The quantitative estimate of drug-likeness (QED) is 0.911.